The molecule has 1 atom stereocenters. The summed E-state index contributed by atoms with van der Waals surface area (Å²) in [6.45, 7) is 0. The maximum Gasteiger partial charge on any atom is 0.122 e. The molecule has 1 unspecified atom stereocenters. The quantitative estimate of drug-likeness (QED) is 0.631. The summed E-state index contributed by atoms with van der Waals surface area (Å²) < 4.78 is 10.5. The van der Waals surface area contributed by atoms with Crippen LogP contribution in [0.3, 0.4) is 0 Å². The first-order valence-electron chi connectivity index (χ1n) is 5.87. The number of ether oxygens (including phenoxy) is 2. The van der Waals surface area contributed by atoms with Crippen LogP contribution in [0.4, 0.5) is 0 Å². The van der Waals surface area contributed by atoms with Gasteiger partial charge in [0.05, 0.1) is 20.3 Å². The van der Waals surface area contributed by atoms with E-state index in [0.29, 0.717) is 0 Å². The molecule has 0 spiro atoms. The summed E-state index contributed by atoms with van der Waals surface area (Å²) in [5.41, 5.74) is 4.71. The third-order valence-corrected chi connectivity index (χ3v) is 2.89. The van der Waals surface area contributed by atoms with E-state index in [1.807, 2.05) is 30.3 Å². The van der Waals surface area contributed by atoms with Gasteiger partial charge in [-0.1, -0.05) is 6.07 Å². The Labute approximate surface area is 112 Å². The fourth-order valence-corrected chi connectivity index (χ4v) is 1.93. The van der Waals surface area contributed by atoms with Crippen LogP contribution in [0.25, 0.3) is 0 Å². The van der Waals surface area contributed by atoms with Crippen molar-refractivity contribution in [3.63, 3.8) is 0 Å². The molecule has 0 aliphatic heterocycles. The van der Waals surface area contributed by atoms with Crippen molar-refractivity contribution in [2.75, 3.05) is 14.2 Å². The number of hydrogen-bond acceptors (Lipinski definition) is 5. The summed E-state index contributed by atoms with van der Waals surface area (Å²) in [6.07, 6.45) is 3.50. The van der Waals surface area contributed by atoms with E-state index in [-0.39, 0.29) is 6.04 Å². The van der Waals surface area contributed by atoms with Crippen molar-refractivity contribution in [1.29, 1.82) is 0 Å². The maximum atomic E-state index is 5.66. The molecule has 3 N–H and O–H groups in total. The lowest BCUT2D eigenvalue weighted by Gasteiger charge is -2.18. The van der Waals surface area contributed by atoms with Gasteiger partial charge in [0.2, 0.25) is 0 Å². The number of nitrogens with zero attached hydrogens (tertiary/aromatic N) is 1. The van der Waals surface area contributed by atoms with Crippen molar-refractivity contribution in [3.8, 4) is 11.5 Å². The zero-order valence-electron chi connectivity index (χ0n) is 11.0. The number of benzene rings is 1. The van der Waals surface area contributed by atoms with Crippen molar-refractivity contribution in [2.24, 2.45) is 5.84 Å². The van der Waals surface area contributed by atoms with Gasteiger partial charge in [0, 0.05) is 18.5 Å². The number of hydrogen-bond donors (Lipinski definition) is 2. The Morgan fingerprint density at radius 3 is 2.26 bits per heavy atom. The molecule has 19 heavy (non-hydrogen) atoms. The number of hydrazine groups is 1. The number of rotatable bonds is 5. The highest BCUT2D eigenvalue weighted by Gasteiger charge is 2.14. The highest BCUT2D eigenvalue weighted by Crippen LogP contribution is 2.29. The van der Waals surface area contributed by atoms with Gasteiger partial charge in [0.15, 0.2) is 0 Å². The Kier molecular flexibility index (Phi) is 4.33. The van der Waals surface area contributed by atoms with Crippen molar-refractivity contribution in [1.82, 2.24) is 10.4 Å². The van der Waals surface area contributed by atoms with E-state index in [1.165, 1.54) is 0 Å². The largest absolute Gasteiger partial charge is 0.497 e. The lowest BCUT2D eigenvalue weighted by molar-refractivity contribution is 0.392. The van der Waals surface area contributed by atoms with Crippen molar-refractivity contribution < 1.29 is 9.47 Å². The molecule has 0 aliphatic rings. The molecule has 1 aromatic heterocycles. The highest BCUT2D eigenvalue weighted by molar-refractivity contribution is 5.42. The van der Waals surface area contributed by atoms with Crippen LogP contribution in [0.1, 0.15) is 17.2 Å². The second kappa shape index (κ2) is 6.17. The van der Waals surface area contributed by atoms with Crippen molar-refractivity contribution >= 4 is 0 Å². The van der Waals surface area contributed by atoms with E-state index in [2.05, 4.69) is 10.4 Å². The van der Waals surface area contributed by atoms with E-state index in [9.17, 15) is 0 Å². The molecule has 0 bridgehead atoms. The lowest BCUT2D eigenvalue weighted by Crippen LogP contribution is -2.28. The van der Waals surface area contributed by atoms with Crippen LogP contribution in [-0.2, 0) is 0 Å². The summed E-state index contributed by atoms with van der Waals surface area (Å²) in [4.78, 5) is 4.11. The average Bonchev–Trinajstić information content (AvgIpc) is 2.48. The van der Waals surface area contributed by atoms with Crippen molar-refractivity contribution in [3.05, 3.63) is 53.9 Å². The average molecular weight is 259 g/mol. The molecule has 0 amide bonds. The predicted molar refractivity (Wildman–Crippen MR) is 72.9 cm³/mol. The Bertz CT molecular complexity index is 509. The molecule has 2 rings (SSSR count). The van der Waals surface area contributed by atoms with Gasteiger partial charge < -0.3 is 9.47 Å². The summed E-state index contributed by atoms with van der Waals surface area (Å²) in [5.74, 6) is 7.10. The van der Waals surface area contributed by atoms with Crippen molar-refractivity contribution in [2.45, 2.75) is 6.04 Å². The van der Waals surface area contributed by atoms with E-state index < -0.39 is 0 Å². The maximum absolute atomic E-state index is 5.66. The number of nitrogens with one attached hydrogen (secondary N) is 1. The predicted octanol–water partition coefficient (Wildman–Crippen LogP) is 1.65. The van der Waals surface area contributed by atoms with Crippen LogP contribution in [0.5, 0.6) is 11.5 Å². The molecule has 1 aromatic carbocycles. The molecule has 0 aliphatic carbocycles. The Balaban J connectivity index is 2.43. The third-order valence-electron chi connectivity index (χ3n) is 2.89. The Hall–Kier alpha value is -2.11. The molecule has 1 heterocycles. The van der Waals surface area contributed by atoms with Gasteiger partial charge in [-0.05, 0) is 29.3 Å². The highest BCUT2D eigenvalue weighted by atomic mass is 16.5. The molecule has 0 radical (unpaired) electrons. The van der Waals surface area contributed by atoms with Gasteiger partial charge in [-0.3, -0.25) is 10.8 Å². The molecular weight excluding hydrogens is 242 g/mol. The van der Waals surface area contributed by atoms with E-state index in [1.54, 1.807) is 26.6 Å². The first kappa shape index (κ1) is 13.3. The topological polar surface area (TPSA) is 69.4 Å². The van der Waals surface area contributed by atoms with Gasteiger partial charge in [-0.25, -0.2) is 5.43 Å². The van der Waals surface area contributed by atoms with Gasteiger partial charge in [0.1, 0.15) is 11.5 Å². The summed E-state index contributed by atoms with van der Waals surface area (Å²) in [7, 11) is 3.24. The number of aromatic nitrogens is 1. The zero-order chi connectivity index (χ0) is 13.7. The van der Waals surface area contributed by atoms with Gasteiger partial charge in [-0.15, -0.1) is 0 Å². The van der Waals surface area contributed by atoms with E-state index in [0.717, 1.165) is 22.6 Å². The van der Waals surface area contributed by atoms with Gasteiger partial charge >= 0.3 is 0 Å². The minimum atomic E-state index is -0.169. The lowest BCUT2D eigenvalue weighted by atomic mass is 10.0. The molecule has 0 fully saturated rings. The molecule has 0 saturated carbocycles. The fourth-order valence-electron chi connectivity index (χ4n) is 1.93. The first-order valence-corrected chi connectivity index (χ1v) is 5.87. The number of pyridine rings is 1. The number of nitrogens with two attached hydrogens (primary N) is 1. The Morgan fingerprint density at radius 2 is 1.79 bits per heavy atom. The van der Waals surface area contributed by atoms with E-state index in [4.69, 9.17) is 15.3 Å². The second-order valence-corrected chi connectivity index (χ2v) is 4.03. The Morgan fingerprint density at radius 1 is 1.11 bits per heavy atom. The van der Waals surface area contributed by atoms with Gasteiger partial charge in [0.25, 0.3) is 0 Å². The SMILES string of the molecule is COc1cc(OC)cc(C(NN)c2cccnc2)c1. The smallest absolute Gasteiger partial charge is 0.122 e. The fraction of sp³-hybridized carbons (Fsp3) is 0.214. The summed E-state index contributed by atoms with van der Waals surface area (Å²) >= 11 is 0. The van der Waals surface area contributed by atoms with Gasteiger partial charge in [-0.2, -0.15) is 0 Å². The minimum Gasteiger partial charge on any atom is -0.497 e. The normalized spacial score (nSPS) is 11.9. The van der Waals surface area contributed by atoms with Crippen LogP contribution in [0.15, 0.2) is 42.7 Å². The number of methoxy groups -OCH3 is 2. The van der Waals surface area contributed by atoms with Crippen LogP contribution in [0, 0.1) is 0 Å². The first-order chi connectivity index (χ1) is 9.28. The van der Waals surface area contributed by atoms with E-state index >= 15 is 0 Å². The third kappa shape index (κ3) is 3.01. The standard InChI is InChI=1S/C14H17N3O2/c1-18-12-6-11(7-13(8-12)19-2)14(17-15)10-4-3-5-16-9-10/h3-9,14,17H,15H2,1-2H3. The molecular formula is C14H17N3O2. The van der Waals surface area contributed by atoms with Crippen LogP contribution >= 0.6 is 0 Å². The molecule has 2 aromatic rings. The van der Waals surface area contributed by atoms with Crippen LogP contribution in [-0.4, -0.2) is 19.2 Å². The molecule has 0 saturated heterocycles. The summed E-state index contributed by atoms with van der Waals surface area (Å²) in [6, 6.07) is 9.32. The zero-order valence-corrected chi connectivity index (χ0v) is 11.0. The second-order valence-electron chi connectivity index (χ2n) is 4.03. The molecule has 5 heteroatoms. The van der Waals surface area contributed by atoms with Crippen LogP contribution < -0.4 is 20.7 Å². The monoisotopic (exact) mass is 259 g/mol. The molecule has 100 valence electrons. The van der Waals surface area contributed by atoms with Crippen LogP contribution in [0.2, 0.25) is 0 Å². The minimum absolute atomic E-state index is 0.169. The molecule has 5 nitrogen and oxygen atoms in total. The summed E-state index contributed by atoms with van der Waals surface area (Å²) in [5, 5.41) is 0.